The number of nitrogens with zero attached hydrogens (tertiary/aromatic N) is 2. The van der Waals surface area contributed by atoms with E-state index in [4.69, 9.17) is 0 Å². The van der Waals surface area contributed by atoms with E-state index in [9.17, 15) is 0 Å². The summed E-state index contributed by atoms with van der Waals surface area (Å²) in [6, 6.07) is 6.78. The van der Waals surface area contributed by atoms with Crippen LogP contribution < -0.4 is 9.80 Å². The Balaban J connectivity index is 1.98. The normalized spacial score (nSPS) is 20.3. The SMILES string of the molecule is Cc1cccc(N2CCCC2)c1N1CCCC1. The standard InChI is InChI=1S/C15H22N2/c1-13-7-6-8-14(16-9-2-3-10-16)15(13)17-11-4-5-12-17/h6-8H,2-5,9-12H2,1H3. The largest absolute Gasteiger partial charge is 0.370 e. The Morgan fingerprint density at radius 2 is 1.41 bits per heavy atom. The zero-order valence-corrected chi connectivity index (χ0v) is 10.8. The van der Waals surface area contributed by atoms with Gasteiger partial charge in [-0.05, 0) is 44.2 Å². The molecule has 0 N–H and O–H groups in total. The molecule has 0 aliphatic carbocycles. The quantitative estimate of drug-likeness (QED) is 0.770. The molecule has 1 aromatic carbocycles. The summed E-state index contributed by atoms with van der Waals surface area (Å²) in [6.07, 6.45) is 5.42. The molecule has 0 amide bonds. The van der Waals surface area contributed by atoms with E-state index < -0.39 is 0 Å². The molecular formula is C15H22N2. The highest BCUT2D eigenvalue weighted by atomic mass is 15.2. The number of anilines is 2. The predicted molar refractivity (Wildman–Crippen MR) is 74.1 cm³/mol. The summed E-state index contributed by atoms with van der Waals surface area (Å²) in [5.74, 6) is 0. The summed E-state index contributed by atoms with van der Waals surface area (Å²) in [5.41, 5.74) is 4.42. The molecular weight excluding hydrogens is 208 g/mol. The van der Waals surface area contributed by atoms with E-state index in [2.05, 4.69) is 34.9 Å². The molecule has 0 spiro atoms. The maximum Gasteiger partial charge on any atom is 0.0633 e. The van der Waals surface area contributed by atoms with Gasteiger partial charge in [0.2, 0.25) is 0 Å². The van der Waals surface area contributed by atoms with Gasteiger partial charge in [0.05, 0.1) is 11.4 Å². The molecule has 2 aliphatic rings. The van der Waals surface area contributed by atoms with Crippen molar-refractivity contribution in [1.82, 2.24) is 0 Å². The van der Waals surface area contributed by atoms with Gasteiger partial charge >= 0.3 is 0 Å². The maximum absolute atomic E-state index is 2.59. The lowest BCUT2D eigenvalue weighted by Crippen LogP contribution is -2.25. The van der Waals surface area contributed by atoms with Gasteiger partial charge in [-0.25, -0.2) is 0 Å². The summed E-state index contributed by atoms with van der Waals surface area (Å²) in [6.45, 7) is 7.22. The van der Waals surface area contributed by atoms with Crippen LogP contribution in [0.1, 0.15) is 31.2 Å². The highest BCUT2D eigenvalue weighted by Gasteiger charge is 2.22. The first kappa shape index (κ1) is 10.9. The molecule has 2 heteroatoms. The lowest BCUT2D eigenvalue weighted by Gasteiger charge is -2.28. The maximum atomic E-state index is 2.59. The van der Waals surface area contributed by atoms with Crippen molar-refractivity contribution in [3.8, 4) is 0 Å². The fourth-order valence-electron chi connectivity index (χ4n) is 3.21. The molecule has 3 rings (SSSR count). The molecule has 17 heavy (non-hydrogen) atoms. The Kier molecular flexibility index (Phi) is 2.96. The minimum absolute atomic E-state index is 1.24. The van der Waals surface area contributed by atoms with E-state index in [-0.39, 0.29) is 0 Å². The third kappa shape index (κ3) is 2.01. The summed E-state index contributed by atoms with van der Waals surface area (Å²) < 4.78 is 0. The van der Waals surface area contributed by atoms with Crippen molar-refractivity contribution in [1.29, 1.82) is 0 Å². The molecule has 0 radical (unpaired) electrons. The molecule has 1 aromatic rings. The zero-order chi connectivity index (χ0) is 11.7. The van der Waals surface area contributed by atoms with E-state index in [1.54, 1.807) is 0 Å². The second-order valence-electron chi connectivity index (χ2n) is 5.33. The van der Waals surface area contributed by atoms with Gasteiger partial charge in [0.15, 0.2) is 0 Å². The van der Waals surface area contributed by atoms with Crippen molar-refractivity contribution in [2.75, 3.05) is 36.0 Å². The van der Waals surface area contributed by atoms with Crippen molar-refractivity contribution in [2.45, 2.75) is 32.6 Å². The zero-order valence-electron chi connectivity index (χ0n) is 10.8. The molecule has 2 heterocycles. The molecule has 2 fully saturated rings. The van der Waals surface area contributed by atoms with Crippen LogP contribution >= 0.6 is 0 Å². The summed E-state index contributed by atoms with van der Waals surface area (Å²) in [5, 5.41) is 0. The average Bonchev–Trinajstić information content (AvgIpc) is 3.02. The fourth-order valence-corrected chi connectivity index (χ4v) is 3.21. The van der Waals surface area contributed by atoms with E-state index >= 15 is 0 Å². The second-order valence-corrected chi connectivity index (χ2v) is 5.33. The number of rotatable bonds is 2. The Morgan fingerprint density at radius 1 is 0.824 bits per heavy atom. The number of benzene rings is 1. The van der Waals surface area contributed by atoms with Gasteiger partial charge in [-0.3, -0.25) is 0 Å². The van der Waals surface area contributed by atoms with E-state index in [0.29, 0.717) is 0 Å². The summed E-state index contributed by atoms with van der Waals surface area (Å²) in [4.78, 5) is 5.16. The highest BCUT2D eigenvalue weighted by Crippen LogP contribution is 2.36. The van der Waals surface area contributed by atoms with Crippen molar-refractivity contribution in [3.05, 3.63) is 23.8 Å². The number of aryl methyl sites for hydroxylation is 1. The third-order valence-electron chi connectivity index (χ3n) is 4.09. The summed E-state index contributed by atoms with van der Waals surface area (Å²) in [7, 11) is 0. The lowest BCUT2D eigenvalue weighted by atomic mass is 10.1. The van der Waals surface area contributed by atoms with Crippen LogP contribution in [0.3, 0.4) is 0 Å². The summed E-state index contributed by atoms with van der Waals surface area (Å²) >= 11 is 0. The lowest BCUT2D eigenvalue weighted by molar-refractivity contribution is 0.922. The van der Waals surface area contributed by atoms with Gasteiger partial charge in [0.25, 0.3) is 0 Å². The van der Waals surface area contributed by atoms with Crippen molar-refractivity contribution < 1.29 is 0 Å². The molecule has 2 aliphatic heterocycles. The third-order valence-corrected chi connectivity index (χ3v) is 4.09. The first-order valence-corrected chi connectivity index (χ1v) is 6.96. The van der Waals surface area contributed by atoms with Gasteiger partial charge < -0.3 is 9.80 Å². The topological polar surface area (TPSA) is 6.48 Å². The van der Waals surface area contributed by atoms with Crippen LogP contribution in [0.25, 0.3) is 0 Å². The van der Waals surface area contributed by atoms with Gasteiger partial charge in [0, 0.05) is 26.2 Å². The minimum Gasteiger partial charge on any atom is -0.370 e. The van der Waals surface area contributed by atoms with Crippen molar-refractivity contribution in [3.63, 3.8) is 0 Å². The van der Waals surface area contributed by atoms with Crippen LogP contribution in [0.2, 0.25) is 0 Å². The molecule has 0 saturated carbocycles. The minimum atomic E-state index is 1.24. The van der Waals surface area contributed by atoms with Crippen LogP contribution in [0, 0.1) is 6.92 Å². The van der Waals surface area contributed by atoms with Gasteiger partial charge in [-0.1, -0.05) is 12.1 Å². The van der Waals surface area contributed by atoms with Crippen LogP contribution in [0.15, 0.2) is 18.2 Å². The molecule has 0 bridgehead atoms. The van der Waals surface area contributed by atoms with Crippen molar-refractivity contribution >= 4 is 11.4 Å². The van der Waals surface area contributed by atoms with Crippen LogP contribution in [-0.4, -0.2) is 26.2 Å². The average molecular weight is 230 g/mol. The van der Waals surface area contributed by atoms with Gasteiger partial charge in [-0.15, -0.1) is 0 Å². The first-order chi connectivity index (χ1) is 8.36. The first-order valence-electron chi connectivity index (χ1n) is 6.96. The highest BCUT2D eigenvalue weighted by molar-refractivity contribution is 5.75. The fraction of sp³-hybridized carbons (Fsp3) is 0.600. The molecule has 0 atom stereocenters. The Bertz CT molecular complexity index is 388. The molecule has 0 aromatic heterocycles. The van der Waals surface area contributed by atoms with Crippen LogP contribution in [0.4, 0.5) is 11.4 Å². The van der Waals surface area contributed by atoms with Crippen molar-refractivity contribution in [2.24, 2.45) is 0 Å². The number of hydrogen-bond acceptors (Lipinski definition) is 2. The van der Waals surface area contributed by atoms with E-state index in [0.717, 1.165) is 0 Å². The Morgan fingerprint density at radius 3 is 2.06 bits per heavy atom. The Hall–Kier alpha value is -1.18. The molecule has 0 unspecified atom stereocenters. The van der Waals surface area contributed by atoms with Crippen LogP contribution in [0.5, 0.6) is 0 Å². The molecule has 92 valence electrons. The second kappa shape index (κ2) is 4.59. The molecule has 2 nitrogen and oxygen atoms in total. The van der Waals surface area contributed by atoms with E-state index in [1.807, 2.05) is 0 Å². The van der Waals surface area contributed by atoms with Gasteiger partial charge in [-0.2, -0.15) is 0 Å². The monoisotopic (exact) mass is 230 g/mol. The Labute approximate surface area is 104 Å². The smallest absolute Gasteiger partial charge is 0.0633 e. The predicted octanol–water partition coefficient (Wildman–Crippen LogP) is 3.20. The van der Waals surface area contributed by atoms with Gasteiger partial charge in [0.1, 0.15) is 0 Å². The number of hydrogen-bond donors (Lipinski definition) is 0. The van der Waals surface area contributed by atoms with Crippen LogP contribution in [-0.2, 0) is 0 Å². The van der Waals surface area contributed by atoms with E-state index in [1.165, 1.54) is 68.8 Å². The number of para-hydroxylation sites is 1. The molecule has 2 saturated heterocycles.